The molecule has 134 valence electrons. The molecule has 0 saturated carbocycles. The number of rotatable bonds is 8. The van der Waals surface area contributed by atoms with Crippen molar-refractivity contribution >= 4 is 21.6 Å². The lowest BCUT2D eigenvalue weighted by molar-refractivity contribution is -0.118. The van der Waals surface area contributed by atoms with E-state index in [0.29, 0.717) is 18.7 Å². The number of carbonyl (C=O) groups is 1. The first-order chi connectivity index (χ1) is 11.8. The van der Waals surface area contributed by atoms with Crippen molar-refractivity contribution in [2.45, 2.75) is 13.3 Å². The van der Waals surface area contributed by atoms with E-state index in [4.69, 9.17) is 4.74 Å². The van der Waals surface area contributed by atoms with Gasteiger partial charge in [-0.15, -0.1) is 0 Å². The first kappa shape index (κ1) is 19.0. The minimum atomic E-state index is -3.17. The SMILES string of the molecule is Cc1ccc(NC(=O)COc2ccc(CCNS(C)(=O)=O)cc2)cc1. The first-order valence-corrected chi connectivity index (χ1v) is 9.74. The summed E-state index contributed by atoms with van der Waals surface area (Å²) >= 11 is 0. The van der Waals surface area contributed by atoms with Crippen molar-refractivity contribution in [2.24, 2.45) is 0 Å². The second-order valence-corrected chi connectivity index (χ2v) is 7.60. The van der Waals surface area contributed by atoms with E-state index >= 15 is 0 Å². The minimum absolute atomic E-state index is 0.0805. The maximum Gasteiger partial charge on any atom is 0.262 e. The number of carbonyl (C=O) groups excluding carboxylic acids is 1. The lowest BCUT2D eigenvalue weighted by atomic mass is 10.1. The quantitative estimate of drug-likeness (QED) is 0.753. The number of aryl methyl sites for hydroxylation is 1. The Morgan fingerprint density at radius 1 is 1.04 bits per heavy atom. The maximum atomic E-state index is 11.9. The number of hydrogen-bond donors (Lipinski definition) is 2. The first-order valence-electron chi connectivity index (χ1n) is 7.85. The Kier molecular flexibility index (Phi) is 6.55. The van der Waals surface area contributed by atoms with E-state index in [1.165, 1.54) is 0 Å². The molecule has 0 aliphatic heterocycles. The monoisotopic (exact) mass is 362 g/mol. The van der Waals surface area contributed by atoms with Crippen molar-refractivity contribution in [3.8, 4) is 5.75 Å². The van der Waals surface area contributed by atoms with Gasteiger partial charge in [0, 0.05) is 12.2 Å². The summed E-state index contributed by atoms with van der Waals surface area (Å²) in [6.07, 6.45) is 1.72. The fourth-order valence-electron chi connectivity index (χ4n) is 2.12. The van der Waals surface area contributed by atoms with Crippen LogP contribution in [0.3, 0.4) is 0 Å². The third-order valence-corrected chi connectivity index (χ3v) is 4.14. The van der Waals surface area contributed by atoms with Crippen molar-refractivity contribution < 1.29 is 17.9 Å². The standard InChI is InChI=1S/C18H22N2O4S/c1-14-3-7-16(8-4-14)20-18(21)13-24-17-9-5-15(6-10-17)11-12-19-25(2,22)23/h3-10,19H,11-13H2,1-2H3,(H,20,21). The van der Waals surface area contributed by atoms with Gasteiger partial charge in [-0.2, -0.15) is 0 Å². The molecule has 0 radical (unpaired) electrons. The molecule has 0 saturated heterocycles. The van der Waals surface area contributed by atoms with Gasteiger partial charge in [0.25, 0.3) is 5.91 Å². The van der Waals surface area contributed by atoms with Crippen LogP contribution >= 0.6 is 0 Å². The summed E-state index contributed by atoms with van der Waals surface area (Å²) in [4.78, 5) is 11.9. The number of hydrogen-bond acceptors (Lipinski definition) is 4. The van der Waals surface area contributed by atoms with Gasteiger partial charge < -0.3 is 10.1 Å². The molecule has 0 unspecified atom stereocenters. The second kappa shape index (κ2) is 8.64. The van der Waals surface area contributed by atoms with Gasteiger partial charge in [0.05, 0.1) is 6.26 Å². The van der Waals surface area contributed by atoms with Crippen LogP contribution in [-0.4, -0.2) is 33.7 Å². The normalized spacial score (nSPS) is 11.1. The molecular formula is C18H22N2O4S. The van der Waals surface area contributed by atoms with Crippen LogP contribution in [0.15, 0.2) is 48.5 Å². The Labute approximate surface area is 148 Å². The molecule has 0 aliphatic rings. The van der Waals surface area contributed by atoms with Crippen molar-refractivity contribution in [1.82, 2.24) is 4.72 Å². The van der Waals surface area contributed by atoms with Gasteiger partial charge in [-0.3, -0.25) is 4.79 Å². The smallest absolute Gasteiger partial charge is 0.262 e. The van der Waals surface area contributed by atoms with E-state index in [0.717, 1.165) is 23.1 Å². The Bertz CT molecular complexity index is 800. The zero-order chi connectivity index (χ0) is 18.3. The van der Waals surface area contributed by atoms with E-state index < -0.39 is 10.0 Å². The zero-order valence-electron chi connectivity index (χ0n) is 14.3. The average molecular weight is 362 g/mol. The summed E-state index contributed by atoms with van der Waals surface area (Å²) in [7, 11) is -3.17. The van der Waals surface area contributed by atoms with Crippen LogP contribution in [0.4, 0.5) is 5.69 Å². The van der Waals surface area contributed by atoms with Crippen molar-refractivity contribution in [1.29, 1.82) is 0 Å². The third kappa shape index (κ3) is 7.36. The van der Waals surface area contributed by atoms with Crippen LogP contribution < -0.4 is 14.8 Å². The average Bonchev–Trinajstić information content (AvgIpc) is 2.55. The highest BCUT2D eigenvalue weighted by atomic mass is 32.2. The molecule has 2 aromatic rings. The number of sulfonamides is 1. The highest BCUT2D eigenvalue weighted by molar-refractivity contribution is 7.88. The molecule has 25 heavy (non-hydrogen) atoms. The van der Waals surface area contributed by atoms with E-state index in [1.807, 2.05) is 43.3 Å². The molecule has 0 aromatic heterocycles. The van der Waals surface area contributed by atoms with E-state index in [1.54, 1.807) is 12.1 Å². The number of benzene rings is 2. The molecule has 2 aromatic carbocycles. The fourth-order valence-corrected chi connectivity index (χ4v) is 2.59. The minimum Gasteiger partial charge on any atom is -0.484 e. The molecule has 0 aliphatic carbocycles. The van der Waals surface area contributed by atoms with Crippen molar-refractivity contribution in [2.75, 3.05) is 24.7 Å². The van der Waals surface area contributed by atoms with Crippen molar-refractivity contribution in [3.63, 3.8) is 0 Å². The van der Waals surface area contributed by atoms with Gasteiger partial charge >= 0.3 is 0 Å². The lowest BCUT2D eigenvalue weighted by Gasteiger charge is -2.09. The molecule has 0 fully saturated rings. The van der Waals surface area contributed by atoms with Crippen molar-refractivity contribution in [3.05, 3.63) is 59.7 Å². The number of nitrogens with one attached hydrogen (secondary N) is 2. The predicted octanol–water partition coefficient (Wildman–Crippen LogP) is 2.10. The van der Waals surface area contributed by atoms with Crippen LogP contribution in [-0.2, 0) is 21.2 Å². The maximum absolute atomic E-state index is 11.9. The molecule has 0 atom stereocenters. The molecule has 2 N–H and O–H groups in total. The third-order valence-electron chi connectivity index (χ3n) is 3.41. The molecule has 0 spiro atoms. The summed E-state index contributed by atoms with van der Waals surface area (Å²) in [5, 5.41) is 2.76. The number of anilines is 1. The topological polar surface area (TPSA) is 84.5 Å². The van der Waals surface area contributed by atoms with E-state index in [9.17, 15) is 13.2 Å². The summed E-state index contributed by atoms with van der Waals surface area (Å²) in [6.45, 7) is 2.25. The largest absolute Gasteiger partial charge is 0.484 e. The van der Waals surface area contributed by atoms with E-state index in [2.05, 4.69) is 10.0 Å². The molecule has 0 heterocycles. The van der Waals surface area contributed by atoms with Gasteiger partial charge in [0.2, 0.25) is 10.0 Å². The Balaban J connectivity index is 1.77. The van der Waals surface area contributed by atoms with E-state index in [-0.39, 0.29) is 12.5 Å². The van der Waals surface area contributed by atoms with Gasteiger partial charge in [0.15, 0.2) is 6.61 Å². The number of amides is 1. The number of ether oxygens (including phenoxy) is 1. The van der Waals surface area contributed by atoms with Crippen LogP contribution in [0.2, 0.25) is 0 Å². The fraction of sp³-hybridized carbons (Fsp3) is 0.278. The lowest BCUT2D eigenvalue weighted by Crippen LogP contribution is -2.24. The molecule has 1 amide bonds. The summed E-state index contributed by atoms with van der Waals surface area (Å²) in [5.41, 5.74) is 2.83. The Morgan fingerprint density at radius 3 is 2.28 bits per heavy atom. The van der Waals surface area contributed by atoms with Crippen LogP contribution in [0.5, 0.6) is 5.75 Å². The molecule has 6 nitrogen and oxygen atoms in total. The molecule has 2 rings (SSSR count). The summed E-state index contributed by atoms with van der Waals surface area (Å²) < 4.78 is 29.9. The summed E-state index contributed by atoms with van der Waals surface area (Å²) in [5.74, 6) is 0.351. The zero-order valence-corrected chi connectivity index (χ0v) is 15.1. The van der Waals surface area contributed by atoms with Crippen LogP contribution in [0, 0.1) is 6.92 Å². The second-order valence-electron chi connectivity index (χ2n) is 5.76. The Morgan fingerprint density at radius 2 is 1.68 bits per heavy atom. The van der Waals surface area contributed by atoms with Gasteiger partial charge in [-0.05, 0) is 43.2 Å². The van der Waals surface area contributed by atoms with Gasteiger partial charge in [-0.1, -0.05) is 29.8 Å². The Hall–Kier alpha value is -2.38. The highest BCUT2D eigenvalue weighted by Gasteiger charge is 2.04. The summed E-state index contributed by atoms with van der Waals surface area (Å²) in [6, 6.07) is 14.7. The van der Waals surface area contributed by atoms with Gasteiger partial charge in [0.1, 0.15) is 5.75 Å². The highest BCUT2D eigenvalue weighted by Crippen LogP contribution is 2.13. The van der Waals surface area contributed by atoms with Crippen LogP contribution in [0.25, 0.3) is 0 Å². The van der Waals surface area contributed by atoms with Crippen LogP contribution in [0.1, 0.15) is 11.1 Å². The van der Waals surface area contributed by atoms with Gasteiger partial charge in [-0.25, -0.2) is 13.1 Å². The molecule has 7 heteroatoms. The molecular weight excluding hydrogens is 340 g/mol. The molecule has 0 bridgehead atoms. The predicted molar refractivity (Wildman–Crippen MR) is 98.3 cm³/mol.